The van der Waals surface area contributed by atoms with Crippen LogP contribution in [0.4, 0.5) is 11.4 Å². The highest BCUT2D eigenvalue weighted by Gasteiger charge is 1.99. The molecule has 1 aromatic rings. The summed E-state index contributed by atoms with van der Waals surface area (Å²) < 4.78 is 0. The highest BCUT2D eigenvalue weighted by Crippen LogP contribution is 2.17. The van der Waals surface area contributed by atoms with Crippen molar-refractivity contribution in [2.45, 2.75) is 32.8 Å². The lowest BCUT2D eigenvalue weighted by Crippen LogP contribution is -2.07. The molecule has 0 amide bonds. The Balaban J connectivity index is 2.40. The predicted molar refractivity (Wildman–Crippen MR) is 65.0 cm³/mol. The van der Waals surface area contributed by atoms with Gasteiger partial charge in [-0.3, -0.25) is 0 Å². The van der Waals surface area contributed by atoms with Crippen molar-refractivity contribution >= 4 is 11.4 Å². The van der Waals surface area contributed by atoms with Gasteiger partial charge in [0.05, 0.1) is 6.10 Å². The number of nitrogens with two attached hydrogens (primary N) is 1. The maximum Gasteiger partial charge on any atom is 0.0512 e. The molecule has 0 saturated heterocycles. The highest BCUT2D eigenvalue weighted by molar-refractivity contribution is 5.59. The maximum atomic E-state index is 9.10. The van der Waals surface area contributed by atoms with E-state index in [0.29, 0.717) is 0 Å². The van der Waals surface area contributed by atoms with Crippen molar-refractivity contribution < 1.29 is 5.11 Å². The molecule has 0 aliphatic rings. The highest BCUT2D eigenvalue weighted by atomic mass is 16.3. The lowest BCUT2D eigenvalue weighted by molar-refractivity contribution is 0.183. The molecule has 15 heavy (non-hydrogen) atoms. The lowest BCUT2D eigenvalue weighted by atomic mass is 10.1. The Hall–Kier alpha value is -1.22. The number of nitrogens with one attached hydrogen (secondary N) is 1. The van der Waals surface area contributed by atoms with Crippen LogP contribution in [0.25, 0.3) is 0 Å². The number of aliphatic hydroxyl groups excluding tert-OH is 1. The number of benzene rings is 1. The van der Waals surface area contributed by atoms with E-state index in [2.05, 4.69) is 12.2 Å². The molecule has 3 heteroatoms. The van der Waals surface area contributed by atoms with Crippen molar-refractivity contribution in [2.24, 2.45) is 0 Å². The van der Waals surface area contributed by atoms with E-state index >= 15 is 0 Å². The first-order chi connectivity index (χ1) is 7.09. The number of nitrogen functional groups attached to an aromatic ring is 1. The molecule has 0 bridgehead atoms. The van der Waals surface area contributed by atoms with Gasteiger partial charge in [0.15, 0.2) is 0 Å². The van der Waals surface area contributed by atoms with Gasteiger partial charge in [0.2, 0.25) is 0 Å². The van der Waals surface area contributed by atoms with Crippen molar-refractivity contribution in [3.05, 3.63) is 23.8 Å². The van der Waals surface area contributed by atoms with Crippen LogP contribution in [0.5, 0.6) is 0 Å². The number of hydrogen-bond donors (Lipinski definition) is 3. The van der Waals surface area contributed by atoms with Crippen LogP contribution in [0.1, 0.15) is 25.3 Å². The maximum absolute atomic E-state index is 9.10. The SMILES string of the molecule is Cc1ccc(N)cc1NCCCC(C)O. The van der Waals surface area contributed by atoms with Gasteiger partial charge in [0.25, 0.3) is 0 Å². The molecule has 84 valence electrons. The quantitative estimate of drug-likeness (QED) is 0.513. The number of aryl methyl sites for hydroxylation is 1. The summed E-state index contributed by atoms with van der Waals surface area (Å²) in [7, 11) is 0. The first kappa shape index (κ1) is 11.9. The van der Waals surface area contributed by atoms with Crippen molar-refractivity contribution in [3.8, 4) is 0 Å². The van der Waals surface area contributed by atoms with E-state index in [1.165, 1.54) is 5.56 Å². The second-order valence-corrected chi connectivity index (χ2v) is 3.99. The van der Waals surface area contributed by atoms with Crippen LogP contribution in [0.3, 0.4) is 0 Å². The van der Waals surface area contributed by atoms with Crippen LogP contribution in [0, 0.1) is 6.92 Å². The van der Waals surface area contributed by atoms with E-state index in [1.54, 1.807) is 0 Å². The largest absolute Gasteiger partial charge is 0.399 e. The van der Waals surface area contributed by atoms with Crippen LogP contribution < -0.4 is 11.1 Å². The van der Waals surface area contributed by atoms with E-state index in [4.69, 9.17) is 10.8 Å². The van der Waals surface area contributed by atoms with E-state index in [9.17, 15) is 0 Å². The molecule has 0 spiro atoms. The number of hydrogen-bond acceptors (Lipinski definition) is 3. The number of anilines is 2. The van der Waals surface area contributed by atoms with Crippen molar-refractivity contribution in [2.75, 3.05) is 17.6 Å². The lowest BCUT2D eigenvalue weighted by Gasteiger charge is -2.10. The molecule has 0 aliphatic carbocycles. The molecule has 0 radical (unpaired) electrons. The van der Waals surface area contributed by atoms with Gasteiger partial charge in [-0.15, -0.1) is 0 Å². The molecule has 3 nitrogen and oxygen atoms in total. The van der Waals surface area contributed by atoms with E-state index < -0.39 is 0 Å². The van der Waals surface area contributed by atoms with Gasteiger partial charge in [-0.25, -0.2) is 0 Å². The normalized spacial score (nSPS) is 12.5. The second-order valence-electron chi connectivity index (χ2n) is 3.99. The molecule has 1 aromatic carbocycles. The zero-order chi connectivity index (χ0) is 11.3. The van der Waals surface area contributed by atoms with Crippen LogP contribution in [-0.2, 0) is 0 Å². The van der Waals surface area contributed by atoms with Gasteiger partial charge in [0.1, 0.15) is 0 Å². The summed E-state index contributed by atoms with van der Waals surface area (Å²) >= 11 is 0. The third-order valence-electron chi connectivity index (χ3n) is 2.38. The average molecular weight is 208 g/mol. The minimum Gasteiger partial charge on any atom is -0.399 e. The Morgan fingerprint density at radius 3 is 2.87 bits per heavy atom. The Bertz CT molecular complexity index is 310. The summed E-state index contributed by atoms with van der Waals surface area (Å²) in [6.45, 7) is 4.73. The van der Waals surface area contributed by atoms with Gasteiger partial charge in [-0.2, -0.15) is 0 Å². The van der Waals surface area contributed by atoms with E-state index in [1.807, 2.05) is 25.1 Å². The first-order valence-electron chi connectivity index (χ1n) is 5.37. The van der Waals surface area contributed by atoms with Crippen LogP contribution in [0.15, 0.2) is 18.2 Å². The molecule has 0 aromatic heterocycles. The fourth-order valence-corrected chi connectivity index (χ4v) is 1.45. The van der Waals surface area contributed by atoms with Gasteiger partial charge in [0, 0.05) is 17.9 Å². The molecule has 4 N–H and O–H groups in total. The standard InChI is InChI=1S/C12H20N2O/c1-9-5-6-11(13)8-12(9)14-7-3-4-10(2)15/h5-6,8,10,14-15H,3-4,7,13H2,1-2H3. The Morgan fingerprint density at radius 1 is 1.47 bits per heavy atom. The number of aliphatic hydroxyl groups is 1. The van der Waals surface area contributed by atoms with Crippen LogP contribution in [0.2, 0.25) is 0 Å². The third kappa shape index (κ3) is 4.21. The molecular formula is C12H20N2O. The van der Waals surface area contributed by atoms with Crippen molar-refractivity contribution in [1.82, 2.24) is 0 Å². The van der Waals surface area contributed by atoms with Crippen molar-refractivity contribution in [3.63, 3.8) is 0 Å². The Morgan fingerprint density at radius 2 is 2.20 bits per heavy atom. The second kappa shape index (κ2) is 5.61. The Kier molecular flexibility index (Phi) is 4.43. The summed E-state index contributed by atoms with van der Waals surface area (Å²) in [6, 6.07) is 5.85. The van der Waals surface area contributed by atoms with E-state index in [-0.39, 0.29) is 6.10 Å². The van der Waals surface area contributed by atoms with Gasteiger partial charge in [-0.1, -0.05) is 6.07 Å². The molecule has 0 fully saturated rings. The molecule has 0 saturated carbocycles. The summed E-state index contributed by atoms with van der Waals surface area (Å²) in [5, 5.41) is 12.4. The van der Waals surface area contributed by atoms with Gasteiger partial charge >= 0.3 is 0 Å². The first-order valence-corrected chi connectivity index (χ1v) is 5.37. The molecule has 1 unspecified atom stereocenters. The molecule has 0 aliphatic heterocycles. The average Bonchev–Trinajstić information content (AvgIpc) is 2.17. The van der Waals surface area contributed by atoms with Crippen LogP contribution >= 0.6 is 0 Å². The fourth-order valence-electron chi connectivity index (χ4n) is 1.45. The predicted octanol–water partition coefficient (Wildman–Crippen LogP) is 2.15. The summed E-state index contributed by atoms with van der Waals surface area (Å²) in [6.07, 6.45) is 1.58. The summed E-state index contributed by atoms with van der Waals surface area (Å²) in [4.78, 5) is 0. The monoisotopic (exact) mass is 208 g/mol. The molecule has 1 rings (SSSR count). The summed E-state index contributed by atoms with van der Waals surface area (Å²) in [5.41, 5.74) is 8.76. The van der Waals surface area contributed by atoms with E-state index in [0.717, 1.165) is 30.8 Å². The molecular weight excluding hydrogens is 188 g/mol. The minimum atomic E-state index is -0.214. The number of rotatable bonds is 5. The topological polar surface area (TPSA) is 58.3 Å². The zero-order valence-corrected chi connectivity index (χ0v) is 9.46. The molecule has 0 heterocycles. The Labute approximate surface area is 91.3 Å². The van der Waals surface area contributed by atoms with Gasteiger partial charge < -0.3 is 16.2 Å². The van der Waals surface area contributed by atoms with Gasteiger partial charge in [-0.05, 0) is 44.4 Å². The fraction of sp³-hybridized carbons (Fsp3) is 0.500. The smallest absolute Gasteiger partial charge is 0.0512 e. The minimum absolute atomic E-state index is 0.214. The zero-order valence-electron chi connectivity index (χ0n) is 9.46. The van der Waals surface area contributed by atoms with Crippen LogP contribution in [-0.4, -0.2) is 17.8 Å². The third-order valence-corrected chi connectivity index (χ3v) is 2.38. The van der Waals surface area contributed by atoms with Crippen molar-refractivity contribution in [1.29, 1.82) is 0 Å². The summed E-state index contributed by atoms with van der Waals surface area (Å²) in [5.74, 6) is 0. The molecule has 1 atom stereocenters.